The molecule has 0 aliphatic carbocycles. The van der Waals surface area contributed by atoms with Crippen LogP contribution in [0.5, 0.6) is 0 Å². The number of nitriles is 2. The molecule has 0 saturated carbocycles. The lowest BCUT2D eigenvalue weighted by atomic mass is 10.2. The van der Waals surface area contributed by atoms with Crippen molar-refractivity contribution in [2.75, 3.05) is 13.1 Å². The molecular formula is C23H20ClN5O3S2. The summed E-state index contributed by atoms with van der Waals surface area (Å²) >= 11 is 7.40. The molecule has 1 aromatic heterocycles. The Morgan fingerprint density at radius 1 is 1.15 bits per heavy atom. The molecule has 0 aliphatic rings. The van der Waals surface area contributed by atoms with Crippen molar-refractivity contribution in [1.82, 2.24) is 8.87 Å². The van der Waals surface area contributed by atoms with Gasteiger partial charge in [-0.3, -0.25) is 4.79 Å². The van der Waals surface area contributed by atoms with Gasteiger partial charge in [-0.1, -0.05) is 29.0 Å². The predicted molar refractivity (Wildman–Crippen MR) is 131 cm³/mol. The van der Waals surface area contributed by atoms with Crippen LogP contribution in [0.1, 0.15) is 23.2 Å². The highest BCUT2D eigenvalue weighted by atomic mass is 35.5. The zero-order valence-corrected chi connectivity index (χ0v) is 20.4. The second kappa shape index (κ2) is 11.2. The molecule has 0 radical (unpaired) electrons. The first-order valence-corrected chi connectivity index (χ1v) is 12.8. The largest absolute Gasteiger partial charge is 0.312 e. The number of hydrogen-bond acceptors (Lipinski definition) is 6. The van der Waals surface area contributed by atoms with Gasteiger partial charge in [0, 0.05) is 43.1 Å². The van der Waals surface area contributed by atoms with Gasteiger partial charge in [0.1, 0.15) is 0 Å². The maximum Gasteiger partial charge on any atom is 0.279 e. The Morgan fingerprint density at radius 3 is 2.38 bits per heavy atom. The average Bonchev–Trinajstić information content (AvgIpc) is 3.15. The van der Waals surface area contributed by atoms with Gasteiger partial charge >= 0.3 is 0 Å². The van der Waals surface area contributed by atoms with Gasteiger partial charge in [-0.05, 0) is 42.5 Å². The molecular weight excluding hydrogens is 494 g/mol. The summed E-state index contributed by atoms with van der Waals surface area (Å²) in [7, 11) is -3.92. The van der Waals surface area contributed by atoms with Gasteiger partial charge in [0.25, 0.3) is 5.91 Å². The number of rotatable bonds is 9. The highest BCUT2D eigenvalue weighted by Gasteiger charge is 2.24. The predicted octanol–water partition coefficient (Wildman–Crippen LogP) is 4.10. The van der Waals surface area contributed by atoms with Crippen LogP contribution in [-0.4, -0.2) is 36.3 Å². The van der Waals surface area contributed by atoms with Crippen LogP contribution < -0.4 is 4.80 Å². The SMILES string of the molecule is C=CCn1c(=NC(=O)c2ccc(S(=O)(=O)N(CCC#N)CCC#N)cc2)sc2cc(Cl)ccc21. The van der Waals surface area contributed by atoms with Gasteiger partial charge in [0.2, 0.25) is 10.0 Å². The molecule has 0 atom stereocenters. The first-order valence-electron chi connectivity index (χ1n) is 10.1. The zero-order chi connectivity index (χ0) is 24.7. The quantitative estimate of drug-likeness (QED) is 0.399. The summed E-state index contributed by atoms with van der Waals surface area (Å²) in [4.78, 5) is 17.5. The minimum absolute atomic E-state index is 0.00515. The maximum atomic E-state index is 12.9. The summed E-state index contributed by atoms with van der Waals surface area (Å²) in [5.74, 6) is -0.523. The monoisotopic (exact) mass is 513 g/mol. The van der Waals surface area contributed by atoms with Gasteiger partial charge < -0.3 is 4.57 Å². The lowest BCUT2D eigenvalue weighted by molar-refractivity contribution is 0.0997. The molecule has 0 spiro atoms. The van der Waals surface area contributed by atoms with E-state index in [0.29, 0.717) is 16.4 Å². The summed E-state index contributed by atoms with van der Waals surface area (Å²) < 4.78 is 29.7. The molecule has 0 bridgehead atoms. The van der Waals surface area contributed by atoms with Crippen molar-refractivity contribution in [3.63, 3.8) is 0 Å². The number of nitrogens with zero attached hydrogens (tertiary/aromatic N) is 5. The molecule has 0 saturated heterocycles. The Kier molecular flexibility index (Phi) is 8.37. The van der Waals surface area contributed by atoms with Crippen LogP contribution in [0.25, 0.3) is 10.2 Å². The number of sulfonamides is 1. The Balaban J connectivity index is 1.93. The lowest BCUT2D eigenvalue weighted by Gasteiger charge is -2.20. The van der Waals surface area contributed by atoms with Crippen molar-refractivity contribution in [3.8, 4) is 12.1 Å². The van der Waals surface area contributed by atoms with Crippen molar-refractivity contribution in [2.24, 2.45) is 4.99 Å². The van der Waals surface area contributed by atoms with E-state index in [2.05, 4.69) is 11.6 Å². The third kappa shape index (κ3) is 5.61. The molecule has 2 aromatic carbocycles. The van der Waals surface area contributed by atoms with Crippen LogP contribution in [0.3, 0.4) is 0 Å². The fourth-order valence-electron chi connectivity index (χ4n) is 3.21. The molecule has 0 unspecified atom stereocenters. The molecule has 0 N–H and O–H groups in total. The smallest absolute Gasteiger partial charge is 0.279 e. The summed E-state index contributed by atoms with van der Waals surface area (Å²) in [6.07, 6.45) is 1.71. The molecule has 34 heavy (non-hydrogen) atoms. The highest BCUT2D eigenvalue weighted by molar-refractivity contribution is 7.89. The Hall–Kier alpha value is -3.28. The third-order valence-electron chi connectivity index (χ3n) is 4.84. The normalized spacial score (nSPS) is 11.9. The van der Waals surface area contributed by atoms with Crippen molar-refractivity contribution in [1.29, 1.82) is 10.5 Å². The van der Waals surface area contributed by atoms with E-state index in [-0.39, 0.29) is 36.4 Å². The van der Waals surface area contributed by atoms with Crippen LogP contribution in [0.4, 0.5) is 0 Å². The van der Waals surface area contributed by atoms with E-state index < -0.39 is 15.9 Å². The van der Waals surface area contributed by atoms with E-state index in [1.807, 2.05) is 22.8 Å². The summed E-state index contributed by atoms with van der Waals surface area (Å²) in [6, 6.07) is 14.7. The van der Waals surface area contributed by atoms with Gasteiger partial charge in [0.15, 0.2) is 4.80 Å². The fraction of sp³-hybridized carbons (Fsp3) is 0.217. The zero-order valence-electron chi connectivity index (χ0n) is 18.0. The number of allylic oxidation sites excluding steroid dienone is 1. The number of amides is 1. The Labute approximate surface area is 206 Å². The van der Waals surface area contributed by atoms with E-state index in [4.69, 9.17) is 22.1 Å². The van der Waals surface area contributed by atoms with E-state index in [1.165, 1.54) is 35.6 Å². The van der Waals surface area contributed by atoms with E-state index in [1.54, 1.807) is 18.2 Å². The molecule has 3 aromatic rings. The molecule has 1 heterocycles. The van der Waals surface area contributed by atoms with Crippen molar-refractivity contribution in [3.05, 3.63) is 70.5 Å². The van der Waals surface area contributed by atoms with Crippen molar-refractivity contribution < 1.29 is 13.2 Å². The van der Waals surface area contributed by atoms with Gasteiger partial charge in [-0.25, -0.2) is 8.42 Å². The van der Waals surface area contributed by atoms with Crippen LogP contribution in [0.15, 0.2) is 65.0 Å². The molecule has 11 heteroatoms. The van der Waals surface area contributed by atoms with E-state index >= 15 is 0 Å². The van der Waals surface area contributed by atoms with Crippen LogP contribution in [0, 0.1) is 22.7 Å². The van der Waals surface area contributed by atoms with Gasteiger partial charge in [0.05, 0.1) is 27.3 Å². The second-order valence-corrected chi connectivity index (χ2v) is 10.4. The van der Waals surface area contributed by atoms with Gasteiger partial charge in [-0.2, -0.15) is 19.8 Å². The number of carbonyl (C=O) groups excluding carboxylic acids is 1. The second-order valence-electron chi connectivity index (χ2n) is 7.06. The lowest BCUT2D eigenvalue weighted by Crippen LogP contribution is -2.32. The van der Waals surface area contributed by atoms with Crippen LogP contribution in [0.2, 0.25) is 5.02 Å². The Morgan fingerprint density at radius 2 is 1.79 bits per heavy atom. The van der Waals surface area contributed by atoms with Crippen molar-refractivity contribution >= 4 is 49.1 Å². The number of halogens is 1. The number of thiazole rings is 1. The first-order chi connectivity index (χ1) is 16.3. The highest BCUT2D eigenvalue weighted by Crippen LogP contribution is 2.22. The standard InChI is InChI=1S/C23H20ClN5O3S2/c1-2-13-29-20-10-7-18(24)16-21(20)33-23(29)27-22(30)17-5-8-19(9-6-17)34(31,32)28(14-3-11-25)15-4-12-26/h2,5-10,16H,1,3-4,13-15H2. The van der Waals surface area contributed by atoms with Crippen LogP contribution >= 0.6 is 22.9 Å². The minimum atomic E-state index is -3.92. The molecule has 0 aliphatic heterocycles. The number of fused-ring (bicyclic) bond motifs is 1. The number of aromatic nitrogens is 1. The third-order valence-corrected chi connectivity index (χ3v) is 8.03. The molecule has 8 nitrogen and oxygen atoms in total. The number of hydrogen-bond donors (Lipinski definition) is 0. The topological polar surface area (TPSA) is 119 Å². The van der Waals surface area contributed by atoms with E-state index in [9.17, 15) is 13.2 Å². The summed E-state index contributed by atoms with van der Waals surface area (Å²) in [6.45, 7) is 4.17. The minimum Gasteiger partial charge on any atom is -0.312 e. The average molecular weight is 514 g/mol. The Bertz CT molecular complexity index is 1460. The number of benzene rings is 2. The maximum absolute atomic E-state index is 12.9. The molecule has 0 fully saturated rings. The molecule has 174 valence electrons. The van der Waals surface area contributed by atoms with Gasteiger partial charge in [-0.15, -0.1) is 6.58 Å². The summed E-state index contributed by atoms with van der Waals surface area (Å²) in [5.41, 5.74) is 1.09. The molecule has 1 amide bonds. The van der Waals surface area contributed by atoms with Crippen molar-refractivity contribution in [2.45, 2.75) is 24.3 Å². The first kappa shape index (κ1) is 25.3. The fourth-order valence-corrected chi connectivity index (χ4v) is 5.96. The van der Waals surface area contributed by atoms with Crippen LogP contribution in [-0.2, 0) is 16.6 Å². The summed E-state index contributed by atoms with van der Waals surface area (Å²) in [5, 5.41) is 18.2. The number of carbonyl (C=O) groups is 1. The molecule has 3 rings (SSSR count). The van der Waals surface area contributed by atoms with E-state index in [0.717, 1.165) is 14.5 Å².